The fourth-order valence-corrected chi connectivity index (χ4v) is 2.92. The molecule has 0 amide bonds. The molecule has 0 aliphatic heterocycles. The second kappa shape index (κ2) is 5.15. The lowest BCUT2D eigenvalue weighted by Crippen LogP contribution is -2.39. The lowest BCUT2D eigenvalue weighted by atomic mass is 9.89. The third-order valence-electron chi connectivity index (χ3n) is 4.07. The first-order valence-electron chi connectivity index (χ1n) is 6.91. The molecule has 21 heavy (non-hydrogen) atoms. The van der Waals surface area contributed by atoms with Gasteiger partial charge in [0.25, 0.3) is 5.56 Å². The number of fused-ring (bicyclic) bond motifs is 1. The van der Waals surface area contributed by atoms with E-state index in [1.807, 2.05) is 6.92 Å². The number of rotatable bonds is 2. The highest BCUT2D eigenvalue weighted by atomic mass is 35.5. The smallest absolute Gasteiger partial charge is 0.330 e. The number of aromatic nitrogens is 2. The molecule has 0 atom stereocenters. The van der Waals surface area contributed by atoms with Crippen molar-refractivity contribution in [3.8, 4) is 0 Å². The minimum absolute atomic E-state index is 0.145. The van der Waals surface area contributed by atoms with Crippen LogP contribution in [-0.4, -0.2) is 15.7 Å². The first-order chi connectivity index (χ1) is 10.0. The molecular formula is C15H15ClN2O3. The molecule has 1 heterocycles. The largest absolute Gasteiger partial charge is 0.338 e. The van der Waals surface area contributed by atoms with Crippen molar-refractivity contribution < 1.29 is 9.63 Å². The van der Waals surface area contributed by atoms with E-state index in [1.165, 1.54) is 0 Å². The normalized spacial score (nSPS) is 17.0. The van der Waals surface area contributed by atoms with Crippen LogP contribution in [0.15, 0.2) is 29.1 Å². The van der Waals surface area contributed by atoms with E-state index in [9.17, 15) is 9.59 Å². The maximum atomic E-state index is 12.4. The van der Waals surface area contributed by atoms with Gasteiger partial charge in [-0.1, -0.05) is 25.0 Å². The van der Waals surface area contributed by atoms with Crippen molar-refractivity contribution in [3.63, 3.8) is 0 Å². The summed E-state index contributed by atoms with van der Waals surface area (Å²) in [4.78, 5) is 34.0. The summed E-state index contributed by atoms with van der Waals surface area (Å²) in [5.41, 5.74) is -0.540. The molecule has 0 spiro atoms. The van der Waals surface area contributed by atoms with E-state index in [1.54, 1.807) is 24.3 Å². The Balaban J connectivity index is 2.01. The van der Waals surface area contributed by atoms with Crippen molar-refractivity contribution >= 4 is 28.5 Å². The summed E-state index contributed by atoms with van der Waals surface area (Å²) in [5, 5.41) is 0.222. The van der Waals surface area contributed by atoms with Crippen molar-refractivity contribution in [1.82, 2.24) is 9.71 Å². The molecule has 1 fully saturated rings. The van der Waals surface area contributed by atoms with Gasteiger partial charge in [0, 0.05) is 0 Å². The van der Waals surface area contributed by atoms with E-state index in [2.05, 4.69) is 4.98 Å². The minimum Gasteiger partial charge on any atom is -0.330 e. The molecule has 1 aliphatic carbocycles. The van der Waals surface area contributed by atoms with Crippen LogP contribution in [0.3, 0.4) is 0 Å². The molecule has 0 bridgehead atoms. The maximum absolute atomic E-state index is 12.4. The fourth-order valence-electron chi connectivity index (χ4n) is 2.72. The number of para-hydroxylation sites is 1. The summed E-state index contributed by atoms with van der Waals surface area (Å²) in [6, 6.07) is 6.81. The molecular weight excluding hydrogens is 292 g/mol. The van der Waals surface area contributed by atoms with Crippen molar-refractivity contribution in [3.05, 3.63) is 39.9 Å². The molecule has 2 aromatic rings. The van der Waals surface area contributed by atoms with E-state index >= 15 is 0 Å². The quantitative estimate of drug-likeness (QED) is 0.800. The van der Waals surface area contributed by atoms with Crippen LogP contribution in [0.25, 0.3) is 10.9 Å². The summed E-state index contributed by atoms with van der Waals surface area (Å²) >= 11 is 5.98. The van der Waals surface area contributed by atoms with E-state index in [0.717, 1.165) is 30.4 Å². The standard InChI is InChI=1S/C15H15ClN2O3/c1-15(8-4-5-9-15)13(20)21-18-12(19)10-6-2-3-7-11(10)17-14(18)16/h2-3,6-7H,4-5,8-9H2,1H3. The minimum atomic E-state index is -0.547. The highest BCUT2D eigenvalue weighted by Gasteiger charge is 2.39. The van der Waals surface area contributed by atoms with E-state index < -0.39 is 16.9 Å². The number of benzene rings is 1. The average Bonchev–Trinajstić information content (AvgIpc) is 2.91. The summed E-state index contributed by atoms with van der Waals surface area (Å²) in [7, 11) is 0. The van der Waals surface area contributed by atoms with Crippen molar-refractivity contribution in [1.29, 1.82) is 0 Å². The maximum Gasteiger partial charge on any atom is 0.338 e. The molecule has 1 saturated carbocycles. The van der Waals surface area contributed by atoms with Gasteiger partial charge in [0.1, 0.15) is 0 Å². The molecule has 0 saturated heterocycles. The van der Waals surface area contributed by atoms with Crippen LogP contribution in [0.4, 0.5) is 0 Å². The second-order valence-electron chi connectivity index (χ2n) is 5.64. The lowest BCUT2D eigenvalue weighted by Gasteiger charge is -2.21. The van der Waals surface area contributed by atoms with Crippen LogP contribution in [0.5, 0.6) is 0 Å². The van der Waals surface area contributed by atoms with E-state index in [0.29, 0.717) is 10.9 Å². The lowest BCUT2D eigenvalue weighted by molar-refractivity contribution is -0.155. The number of carbonyl (C=O) groups is 1. The van der Waals surface area contributed by atoms with Gasteiger partial charge in [-0.3, -0.25) is 4.79 Å². The fraction of sp³-hybridized carbons (Fsp3) is 0.400. The van der Waals surface area contributed by atoms with Crippen molar-refractivity contribution in [2.75, 3.05) is 0 Å². The SMILES string of the molecule is CC1(C(=O)On2c(Cl)nc3ccccc3c2=O)CCCC1. The Labute approximate surface area is 126 Å². The summed E-state index contributed by atoms with van der Waals surface area (Å²) in [6.07, 6.45) is 3.51. The Hall–Kier alpha value is -1.88. The van der Waals surface area contributed by atoms with Gasteiger partial charge in [0.2, 0.25) is 5.28 Å². The molecule has 110 valence electrons. The Morgan fingerprint density at radius 2 is 2.00 bits per heavy atom. The Bertz CT molecular complexity index is 763. The van der Waals surface area contributed by atoms with Crippen LogP contribution < -0.4 is 10.4 Å². The van der Waals surface area contributed by atoms with Gasteiger partial charge < -0.3 is 4.84 Å². The topological polar surface area (TPSA) is 61.2 Å². The molecule has 1 aromatic carbocycles. The van der Waals surface area contributed by atoms with E-state index in [4.69, 9.17) is 16.4 Å². The van der Waals surface area contributed by atoms with Crippen molar-refractivity contribution in [2.45, 2.75) is 32.6 Å². The van der Waals surface area contributed by atoms with Crippen LogP contribution in [0, 0.1) is 5.41 Å². The first-order valence-corrected chi connectivity index (χ1v) is 7.29. The highest BCUT2D eigenvalue weighted by Crippen LogP contribution is 2.37. The number of hydrogen-bond donors (Lipinski definition) is 0. The molecule has 0 radical (unpaired) electrons. The summed E-state index contributed by atoms with van der Waals surface area (Å²) in [6.45, 7) is 1.86. The Morgan fingerprint density at radius 1 is 1.33 bits per heavy atom. The Kier molecular flexibility index (Phi) is 3.45. The van der Waals surface area contributed by atoms with Gasteiger partial charge in [-0.15, -0.1) is 4.73 Å². The molecule has 6 heteroatoms. The predicted octanol–water partition coefficient (Wildman–Crippen LogP) is 2.59. The summed E-state index contributed by atoms with van der Waals surface area (Å²) < 4.78 is 0.787. The van der Waals surface area contributed by atoms with Gasteiger partial charge in [-0.2, -0.15) is 0 Å². The van der Waals surface area contributed by atoms with Gasteiger partial charge in [-0.05, 0) is 43.5 Å². The third kappa shape index (κ3) is 2.42. The monoisotopic (exact) mass is 306 g/mol. The number of hydrogen-bond acceptors (Lipinski definition) is 4. The van der Waals surface area contributed by atoms with Gasteiger partial charge in [-0.25, -0.2) is 9.78 Å². The van der Waals surface area contributed by atoms with Crippen LogP contribution in [0.1, 0.15) is 32.6 Å². The zero-order valence-electron chi connectivity index (χ0n) is 11.6. The summed E-state index contributed by atoms with van der Waals surface area (Å²) in [5.74, 6) is -0.430. The molecule has 0 unspecified atom stereocenters. The average molecular weight is 307 g/mol. The Morgan fingerprint density at radius 3 is 2.71 bits per heavy atom. The van der Waals surface area contributed by atoms with Crippen LogP contribution in [0.2, 0.25) is 5.28 Å². The first kappa shape index (κ1) is 14.1. The third-order valence-corrected chi connectivity index (χ3v) is 4.31. The molecule has 0 N–H and O–H groups in total. The number of nitrogens with zero attached hydrogens (tertiary/aromatic N) is 2. The predicted molar refractivity (Wildman–Crippen MR) is 79.2 cm³/mol. The second-order valence-corrected chi connectivity index (χ2v) is 5.98. The molecule has 5 nitrogen and oxygen atoms in total. The van der Waals surface area contributed by atoms with Crippen LogP contribution >= 0.6 is 11.6 Å². The molecule has 1 aliphatic rings. The number of carbonyl (C=O) groups excluding carboxylic acids is 1. The zero-order valence-corrected chi connectivity index (χ0v) is 12.4. The molecule has 3 rings (SSSR count). The number of halogens is 1. The molecule has 1 aromatic heterocycles. The van der Waals surface area contributed by atoms with E-state index in [-0.39, 0.29) is 5.28 Å². The van der Waals surface area contributed by atoms with Gasteiger partial charge in [0.15, 0.2) is 0 Å². The highest BCUT2D eigenvalue weighted by molar-refractivity contribution is 6.28. The van der Waals surface area contributed by atoms with Crippen molar-refractivity contribution in [2.24, 2.45) is 5.41 Å². The van der Waals surface area contributed by atoms with Gasteiger partial charge in [0.05, 0.1) is 16.3 Å². The van der Waals surface area contributed by atoms with Crippen LogP contribution in [-0.2, 0) is 4.79 Å². The van der Waals surface area contributed by atoms with Gasteiger partial charge >= 0.3 is 5.97 Å². The zero-order chi connectivity index (χ0) is 15.0.